The van der Waals surface area contributed by atoms with E-state index < -0.39 is 11.8 Å². The maximum absolute atomic E-state index is 13.8. The highest BCUT2D eigenvalue weighted by Crippen LogP contribution is 2.38. The third kappa shape index (κ3) is 5.58. The Labute approximate surface area is 240 Å². The smallest absolute Gasteiger partial charge is 0.288 e. The Bertz CT molecular complexity index is 1390. The maximum Gasteiger partial charge on any atom is 0.288 e. The molecule has 0 aromatic heterocycles. The van der Waals surface area contributed by atoms with E-state index in [2.05, 4.69) is 22.3 Å². The molecule has 3 aromatic rings. The normalized spacial score (nSPS) is 21.8. The van der Waals surface area contributed by atoms with E-state index in [0.717, 1.165) is 22.4 Å². The number of carbonyl (C=O) groups excluding carboxylic acids is 2. The van der Waals surface area contributed by atoms with Crippen LogP contribution in [0.4, 0.5) is 5.69 Å². The average Bonchev–Trinajstić information content (AvgIpc) is 3.35. The molecular weight excluding hydrogens is 518 g/mol. The molecule has 212 valence electrons. The molecule has 8 heteroatoms. The molecule has 41 heavy (non-hydrogen) atoms. The molecule has 2 fully saturated rings. The van der Waals surface area contributed by atoms with Crippen LogP contribution in [0.1, 0.15) is 41.9 Å². The molecule has 2 amide bonds. The van der Waals surface area contributed by atoms with Crippen LogP contribution in [0.5, 0.6) is 0 Å². The molecule has 0 radical (unpaired) electrons. The molecule has 8 nitrogen and oxygen atoms in total. The van der Waals surface area contributed by atoms with Crippen LogP contribution in [0.2, 0.25) is 0 Å². The van der Waals surface area contributed by atoms with E-state index in [-0.39, 0.29) is 30.1 Å². The highest BCUT2D eigenvalue weighted by molar-refractivity contribution is 5.95. The zero-order valence-electron chi connectivity index (χ0n) is 22.9. The van der Waals surface area contributed by atoms with Crippen molar-refractivity contribution in [3.05, 3.63) is 113 Å². The van der Waals surface area contributed by atoms with E-state index in [1.165, 1.54) is 0 Å². The molecule has 3 heterocycles. The van der Waals surface area contributed by atoms with Crippen molar-refractivity contribution in [2.45, 2.75) is 50.2 Å². The highest BCUT2D eigenvalue weighted by Gasteiger charge is 2.51. The number of carbonyl (C=O) groups is 2. The monoisotopic (exact) mass is 553 g/mol. The van der Waals surface area contributed by atoms with Gasteiger partial charge in [0.25, 0.3) is 5.91 Å². The number of benzene rings is 3. The van der Waals surface area contributed by atoms with Gasteiger partial charge in [-0.2, -0.15) is 0 Å². The summed E-state index contributed by atoms with van der Waals surface area (Å²) in [6, 6.07) is 27.6. The van der Waals surface area contributed by atoms with E-state index >= 15 is 0 Å². The first kappa shape index (κ1) is 27.1. The third-order valence-corrected chi connectivity index (χ3v) is 8.42. The number of rotatable bonds is 7. The van der Waals surface area contributed by atoms with Crippen molar-refractivity contribution in [1.29, 1.82) is 0 Å². The second-order valence-corrected chi connectivity index (χ2v) is 10.9. The van der Waals surface area contributed by atoms with Crippen LogP contribution >= 0.6 is 0 Å². The van der Waals surface area contributed by atoms with Gasteiger partial charge in [0, 0.05) is 31.1 Å². The number of allylic oxidation sites excluding steroid dienone is 1. The van der Waals surface area contributed by atoms with Gasteiger partial charge < -0.3 is 29.7 Å². The Hall–Kier alpha value is -4.14. The van der Waals surface area contributed by atoms with E-state index in [4.69, 9.17) is 9.47 Å². The quantitative estimate of drug-likeness (QED) is 0.459. The zero-order valence-corrected chi connectivity index (χ0v) is 22.9. The molecule has 2 saturated heterocycles. The Balaban J connectivity index is 1.16. The van der Waals surface area contributed by atoms with Crippen LogP contribution in [0.25, 0.3) is 0 Å². The molecule has 6 rings (SSSR count). The third-order valence-electron chi connectivity index (χ3n) is 8.42. The fourth-order valence-electron chi connectivity index (χ4n) is 6.04. The minimum absolute atomic E-state index is 0.00548. The predicted molar refractivity (Wildman–Crippen MR) is 154 cm³/mol. The topological polar surface area (TPSA) is 91.3 Å². The summed E-state index contributed by atoms with van der Waals surface area (Å²) in [5.41, 5.74) is 3.24. The summed E-state index contributed by atoms with van der Waals surface area (Å²) >= 11 is 0. The summed E-state index contributed by atoms with van der Waals surface area (Å²) in [6.07, 6.45) is 2.99. The number of anilines is 1. The van der Waals surface area contributed by atoms with Gasteiger partial charge in [-0.15, -0.1) is 0 Å². The number of likely N-dealkylation sites (tertiary alicyclic amines) is 1. The summed E-state index contributed by atoms with van der Waals surface area (Å²) in [4.78, 5) is 30.8. The van der Waals surface area contributed by atoms with E-state index in [1.807, 2.05) is 78.9 Å². The van der Waals surface area contributed by atoms with Gasteiger partial charge in [-0.25, -0.2) is 0 Å². The number of hydrogen-bond donors (Lipinski definition) is 2. The van der Waals surface area contributed by atoms with Gasteiger partial charge in [0.05, 0.1) is 19.9 Å². The van der Waals surface area contributed by atoms with Crippen molar-refractivity contribution in [2.75, 3.05) is 24.7 Å². The van der Waals surface area contributed by atoms with E-state index in [0.29, 0.717) is 45.6 Å². The summed E-state index contributed by atoms with van der Waals surface area (Å²) in [6.45, 7) is 1.69. The molecule has 0 saturated carbocycles. The number of aliphatic hydroxyl groups is 1. The van der Waals surface area contributed by atoms with Gasteiger partial charge in [-0.05, 0) is 47.7 Å². The van der Waals surface area contributed by atoms with Crippen molar-refractivity contribution < 1.29 is 24.2 Å². The Morgan fingerprint density at radius 3 is 2.29 bits per heavy atom. The molecule has 1 spiro atoms. The molecule has 2 atom stereocenters. The standard InChI is InChI=1S/C33H35N3O5/c37-21-24-11-13-25(14-12-24)22-40-30-20-27(26-7-3-1-4-8-26)19-29(41-30)31(38)35-17-15-33(16-18-35)32(39)34-23-36(33)28-9-5-2-6-10-28/h1-14,19,27,30,37H,15-18,20-23H2,(H,34,39)/t27-,30+/m1/s1. The number of nitrogens with one attached hydrogen (secondary N) is 1. The van der Waals surface area contributed by atoms with Crippen LogP contribution in [-0.2, 0) is 32.3 Å². The van der Waals surface area contributed by atoms with E-state index in [9.17, 15) is 14.7 Å². The van der Waals surface area contributed by atoms with Crippen LogP contribution in [-0.4, -0.2) is 53.4 Å². The second kappa shape index (κ2) is 11.8. The van der Waals surface area contributed by atoms with E-state index in [1.54, 1.807) is 4.90 Å². The lowest BCUT2D eigenvalue weighted by Crippen LogP contribution is -2.57. The summed E-state index contributed by atoms with van der Waals surface area (Å²) < 4.78 is 12.3. The van der Waals surface area contributed by atoms with Gasteiger partial charge in [0.2, 0.25) is 12.2 Å². The fraction of sp³-hybridized carbons (Fsp3) is 0.333. The lowest BCUT2D eigenvalue weighted by atomic mass is 9.85. The number of para-hydroxylation sites is 1. The largest absolute Gasteiger partial charge is 0.459 e. The summed E-state index contributed by atoms with van der Waals surface area (Å²) in [7, 11) is 0. The van der Waals surface area contributed by atoms with Gasteiger partial charge in [-0.3, -0.25) is 9.59 Å². The number of hydrogen-bond acceptors (Lipinski definition) is 6. The zero-order chi connectivity index (χ0) is 28.2. The van der Waals surface area contributed by atoms with Crippen molar-refractivity contribution in [3.63, 3.8) is 0 Å². The Kier molecular flexibility index (Phi) is 7.76. The molecule has 0 bridgehead atoms. The minimum atomic E-state index is -0.663. The van der Waals surface area contributed by atoms with Crippen LogP contribution < -0.4 is 10.2 Å². The van der Waals surface area contributed by atoms with Crippen LogP contribution in [0, 0.1) is 0 Å². The first-order chi connectivity index (χ1) is 20.1. The highest BCUT2D eigenvalue weighted by atomic mass is 16.7. The minimum Gasteiger partial charge on any atom is -0.459 e. The molecule has 0 aliphatic carbocycles. The lowest BCUT2D eigenvalue weighted by Gasteiger charge is -2.43. The van der Waals surface area contributed by atoms with Crippen molar-refractivity contribution in [1.82, 2.24) is 10.2 Å². The molecule has 0 unspecified atom stereocenters. The molecule has 3 aliphatic rings. The molecule has 3 aromatic carbocycles. The predicted octanol–water partition coefficient (Wildman–Crippen LogP) is 4.06. The summed E-state index contributed by atoms with van der Waals surface area (Å²) in [5.74, 6) is 0.103. The number of ether oxygens (including phenoxy) is 2. The van der Waals surface area contributed by atoms with Crippen LogP contribution in [0.3, 0.4) is 0 Å². The van der Waals surface area contributed by atoms with Crippen molar-refractivity contribution >= 4 is 17.5 Å². The van der Waals surface area contributed by atoms with Crippen molar-refractivity contribution in [3.8, 4) is 0 Å². The Morgan fingerprint density at radius 1 is 0.951 bits per heavy atom. The molecule has 2 N–H and O–H groups in total. The lowest BCUT2D eigenvalue weighted by molar-refractivity contribution is -0.157. The molecule has 3 aliphatic heterocycles. The number of aliphatic hydroxyl groups excluding tert-OH is 1. The van der Waals surface area contributed by atoms with Gasteiger partial charge >= 0.3 is 0 Å². The van der Waals surface area contributed by atoms with Gasteiger partial charge in [-0.1, -0.05) is 72.8 Å². The van der Waals surface area contributed by atoms with Crippen LogP contribution in [0.15, 0.2) is 96.8 Å². The molecular formula is C33H35N3O5. The summed E-state index contributed by atoms with van der Waals surface area (Å²) in [5, 5.41) is 12.3. The fourth-order valence-corrected chi connectivity index (χ4v) is 6.04. The van der Waals surface area contributed by atoms with Gasteiger partial charge in [0.1, 0.15) is 5.54 Å². The maximum atomic E-state index is 13.8. The number of nitrogens with zero attached hydrogens (tertiary/aromatic N) is 2. The first-order valence-corrected chi connectivity index (χ1v) is 14.2. The number of amides is 2. The number of piperidine rings is 1. The second-order valence-electron chi connectivity index (χ2n) is 10.9. The Morgan fingerprint density at radius 2 is 1.61 bits per heavy atom. The first-order valence-electron chi connectivity index (χ1n) is 14.2. The SMILES string of the molecule is O=C(C1=C[C@@H](c2ccccc2)C[C@@H](OCc2ccc(CO)cc2)O1)N1CCC2(CC1)C(=O)NCN2c1ccccc1. The van der Waals surface area contributed by atoms with Gasteiger partial charge in [0.15, 0.2) is 5.76 Å². The average molecular weight is 554 g/mol. The van der Waals surface area contributed by atoms with Crippen molar-refractivity contribution in [2.24, 2.45) is 0 Å².